The first-order chi connectivity index (χ1) is 8.40. The van der Waals surface area contributed by atoms with Crippen LogP contribution >= 0.6 is 11.3 Å². The summed E-state index contributed by atoms with van der Waals surface area (Å²) in [5.74, 6) is 0.00313. The van der Waals surface area contributed by atoms with Crippen molar-refractivity contribution in [2.75, 3.05) is 5.73 Å². The summed E-state index contributed by atoms with van der Waals surface area (Å²) in [6.07, 6.45) is 1.39. The molecule has 6 nitrogen and oxygen atoms in total. The first-order valence-corrected chi connectivity index (χ1v) is 7.61. The van der Waals surface area contributed by atoms with Crippen molar-refractivity contribution in [2.45, 2.75) is 17.9 Å². The summed E-state index contributed by atoms with van der Waals surface area (Å²) in [6, 6.07) is 3.46. The molecule has 0 radical (unpaired) electrons. The number of nitrogen functional groups attached to an aromatic ring is 1. The molecule has 1 atom stereocenters. The van der Waals surface area contributed by atoms with E-state index in [9.17, 15) is 8.42 Å². The molecule has 3 N–H and O–H groups in total. The molecule has 0 bridgehead atoms. The number of aromatic nitrogens is 2. The highest BCUT2D eigenvalue weighted by molar-refractivity contribution is 7.89. The van der Waals surface area contributed by atoms with Crippen molar-refractivity contribution in [3.63, 3.8) is 0 Å². The average Bonchev–Trinajstić information content (AvgIpc) is 2.86. The Morgan fingerprint density at radius 2 is 2.28 bits per heavy atom. The Morgan fingerprint density at radius 1 is 1.56 bits per heavy atom. The van der Waals surface area contributed by atoms with Gasteiger partial charge in [-0.15, -0.1) is 11.3 Å². The van der Waals surface area contributed by atoms with Crippen LogP contribution < -0.4 is 10.5 Å². The van der Waals surface area contributed by atoms with Crippen molar-refractivity contribution >= 4 is 27.2 Å². The zero-order valence-electron chi connectivity index (χ0n) is 9.99. The van der Waals surface area contributed by atoms with Crippen LogP contribution in [0.25, 0.3) is 0 Å². The molecule has 8 heteroatoms. The Labute approximate surface area is 109 Å². The summed E-state index contributed by atoms with van der Waals surface area (Å²) in [5.41, 5.74) is 5.57. The van der Waals surface area contributed by atoms with Gasteiger partial charge in [0.25, 0.3) is 0 Å². The highest BCUT2D eigenvalue weighted by Gasteiger charge is 2.23. The molecule has 2 aromatic heterocycles. The summed E-state index contributed by atoms with van der Waals surface area (Å²) in [6.45, 7) is 1.79. The van der Waals surface area contributed by atoms with Crippen molar-refractivity contribution in [1.29, 1.82) is 0 Å². The minimum Gasteiger partial charge on any atom is -0.381 e. The van der Waals surface area contributed by atoms with Gasteiger partial charge in [0, 0.05) is 18.1 Å². The lowest BCUT2D eigenvalue weighted by atomic mass is 10.3. The second-order valence-electron chi connectivity index (χ2n) is 3.91. The van der Waals surface area contributed by atoms with E-state index in [1.807, 2.05) is 17.5 Å². The number of hydrogen-bond donors (Lipinski definition) is 2. The molecular weight excluding hydrogens is 272 g/mol. The molecule has 0 aliphatic heterocycles. The number of aryl methyl sites for hydroxylation is 1. The summed E-state index contributed by atoms with van der Waals surface area (Å²) in [5, 5.41) is 5.73. The first-order valence-electron chi connectivity index (χ1n) is 5.25. The smallest absolute Gasteiger partial charge is 0.246 e. The third kappa shape index (κ3) is 2.55. The van der Waals surface area contributed by atoms with Crippen molar-refractivity contribution < 1.29 is 8.42 Å². The van der Waals surface area contributed by atoms with Crippen molar-refractivity contribution in [1.82, 2.24) is 14.5 Å². The van der Waals surface area contributed by atoms with E-state index in [0.717, 1.165) is 4.88 Å². The maximum absolute atomic E-state index is 12.1. The van der Waals surface area contributed by atoms with Gasteiger partial charge in [-0.2, -0.15) is 5.10 Å². The number of thiophene rings is 1. The standard InChI is InChI=1S/C10H14N4O2S2/c1-7(8-4-3-5-17-8)13-18(15,16)9-6-14(2)12-10(9)11/h3-7,13H,1-2H3,(H2,11,12). The molecule has 2 aromatic rings. The van der Waals surface area contributed by atoms with Crippen LogP contribution in [0, 0.1) is 0 Å². The fourth-order valence-corrected chi connectivity index (χ4v) is 3.72. The average molecular weight is 286 g/mol. The number of rotatable bonds is 4. The van der Waals surface area contributed by atoms with Gasteiger partial charge >= 0.3 is 0 Å². The molecule has 0 aliphatic carbocycles. The fraction of sp³-hybridized carbons (Fsp3) is 0.300. The summed E-state index contributed by atoms with van der Waals surface area (Å²) in [4.78, 5) is 0.953. The van der Waals surface area contributed by atoms with E-state index in [0.29, 0.717) is 0 Å². The van der Waals surface area contributed by atoms with Crippen molar-refractivity contribution in [2.24, 2.45) is 7.05 Å². The molecule has 0 amide bonds. The lowest BCUT2D eigenvalue weighted by molar-refractivity contribution is 0.568. The van der Waals surface area contributed by atoms with Crippen molar-refractivity contribution in [3.8, 4) is 0 Å². The first kappa shape index (κ1) is 13.1. The van der Waals surface area contributed by atoms with Gasteiger partial charge in [-0.25, -0.2) is 13.1 Å². The Bertz CT molecular complexity index is 631. The van der Waals surface area contributed by atoms with Gasteiger partial charge in [0.1, 0.15) is 4.90 Å². The van der Waals surface area contributed by atoms with E-state index in [1.54, 1.807) is 14.0 Å². The third-order valence-corrected chi connectivity index (χ3v) is 5.03. The molecule has 98 valence electrons. The molecule has 0 aliphatic rings. The van der Waals surface area contributed by atoms with Gasteiger partial charge in [-0.3, -0.25) is 4.68 Å². The molecule has 0 saturated heterocycles. The van der Waals surface area contributed by atoms with Crippen molar-refractivity contribution in [3.05, 3.63) is 28.6 Å². The van der Waals surface area contributed by atoms with Gasteiger partial charge in [-0.05, 0) is 18.4 Å². The lowest BCUT2D eigenvalue weighted by Crippen LogP contribution is -2.26. The molecule has 2 rings (SSSR count). The zero-order chi connectivity index (χ0) is 13.3. The van der Waals surface area contributed by atoms with Gasteiger partial charge in [0.15, 0.2) is 5.82 Å². The minimum absolute atomic E-state index is 0.00313. The predicted octanol–water partition coefficient (Wildman–Crippen LogP) is 1.10. The maximum Gasteiger partial charge on any atom is 0.246 e. The van der Waals surface area contributed by atoms with Crippen LogP contribution in [0.1, 0.15) is 17.8 Å². The Kier molecular flexibility index (Phi) is 3.42. The predicted molar refractivity (Wildman–Crippen MR) is 70.7 cm³/mol. The molecule has 0 fully saturated rings. The topological polar surface area (TPSA) is 90.0 Å². The summed E-state index contributed by atoms with van der Waals surface area (Å²) in [7, 11) is -2.02. The number of sulfonamides is 1. The normalized spacial score (nSPS) is 13.7. The Balaban J connectivity index is 2.25. The highest BCUT2D eigenvalue weighted by atomic mass is 32.2. The van der Waals surface area contributed by atoms with Crippen LogP contribution in [-0.4, -0.2) is 18.2 Å². The van der Waals surface area contributed by atoms with Gasteiger partial charge in [-0.1, -0.05) is 6.07 Å². The number of hydrogen-bond acceptors (Lipinski definition) is 5. The number of anilines is 1. The van der Waals surface area contributed by atoms with Gasteiger partial charge < -0.3 is 5.73 Å². The van der Waals surface area contributed by atoms with E-state index in [-0.39, 0.29) is 16.8 Å². The largest absolute Gasteiger partial charge is 0.381 e. The summed E-state index contributed by atoms with van der Waals surface area (Å²) >= 11 is 1.50. The van der Waals surface area contributed by atoms with Crippen LogP contribution in [0.2, 0.25) is 0 Å². The van der Waals surface area contributed by atoms with E-state index in [4.69, 9.17) is 5.73 Å². The third-order valence-electron chi connectivity index (χ3n) is 2.41. The second kappa shape index (κ2) is 4.71. The van der Waals surface area contributed by atoms with Crippen LogP contribution in [0.5, 0.6) is 0 Å². The van der Waals surface area contributed by atoms with Gasteiger partial charge in [0.2, 0.25) is 10.0 Å². The molecule has 0 saturated carbocycles. The molecule has 0 spiro atoms. The van der Waals surface area contributed by atoms with Crippen LogP contribution in [0.3, 0.4) is 0 Å². The Morgan fingerprint density at radius 3 is 2.78 bits per heavy atom. The second-order valence-corrected chi connectivity index (χ2v) is 6.57. The molecular formula is C10H14N4O2S2. The summed E-state index contributed by atoms with van der Waals surface area (Å²) < 4.78 is 28.2. The molecule has 1 unspecified atom stereocenters. The lowest BCUT2D eigenvalue weighted by Gasteiger charge is -2.11. The fourth-order valence-electron chi connectivity index (χ4n) is 1.58. The Hall–Kier alpha value is -1.38. The van der Waals surface area contributed by atoms with E-state index < -0.39 is 10.0 Å². The number of nitrogens with zero attached hydrogens (tertiary/aromatic N) is 2. The van der Waals surface area contributed by atoms with Crippen LogP contribution in [0.4, 0.5) is 5.82 Å². The van der Waals surface area contributed by atoms with Crippen LogP contribution in [-0.2, 0) is 17.1 Å². The molecule has 2 heterocycles. The van der Waals surface area contributed by atoms with E-state index in [2.05, 4.69) is 9.82 Å². The zero-order valence-corrected chi connectivity index (χ0v) is 11.6. The highest BCUT2D eigenvalue weighted by Crippen LogP contribution is 2.22. The molecule has 0 aromatic carbocycles. The number of nitrogens with one attached hydrogen (secondary N) is 1. The molecule has 18 heavy (non-hydrogen) atoms. The monoisotopic (exact) mass is 286 g/mol. The SMILES string of the molecule is CC(NS(=O)(=O)c1cn(C)nc1N)c1cccs1. The van der Waals surface area contributed by atoms with E-state index in [1.165, 1.54) is 22.2 Å². The van der Waals surface area contributed by atoms with Gasteiger partial charge in [0.05, 0.1) is 6.04 Å². The van der Waals surface area contributed by atoms with Crippen LogP contribution in [0.15, 0.2) is 28.6 Å². The van der Waals surface area contributed by atoms with E-state index >= 15 is 0 Å². The number of nitrogens with two attached hydrogens (primary N) is 1. The quantitative estimate of drug-likeness (QED) is 0.880. The minimum atomic E-state index is -3.65. The maximum atomic E-state index is 12.1.